The van der Waals surface area contributed by atoms with Gasteiger partial charge in [-0.05, 0) is 24.3 Å². The molecule has 2 heteroatoms. The molecule has 0 spiro atoms. The van der Waals surface area contributed by atoms with E-state index in [4.69, 9.17) is 4.74 Å². The minimum Gasteiger partial charge on any atom is -0.379 e. The topological polar surface area (TPSA) is 12.5 Å². The number of hydrogen-bond donors (Lipinski definition) is 0. The van der Waals surface area contributed by atoms with E-state index in [2.05, 4.69) is 35.2 Å². The molecule has 0 amide bonds. The first kappa shape index (κ1) is 11.9. The Morgan fingerprint density at radius 3 is 2.63 bits per heavy atom. The zero-order chi connectivity index (χ0) is 12.7. The molecule has 0 bridgehead atoms. The maximum Gasteiger partial charge on any atom is 0.0594 e. The van der Waals surface area contributed by atoms with Gasteiger partial charge in [0.2, 0.25) is 0 Å². The molecule has 0 unspecified atom stereocenters. The fraction of sp³-hybridized carbons (Fsp3) is 0.647. The molecule has 3 atom stereocenters. The van der Waals surface area contributed by atoms with E-state index in [0.29, 0.717) is 5.54 Å². The third-order valence-corrected chi connectivity index (χ3v) is 5.57. The Morgan fingerprint density at radius 1 is 1.05 bits per heavy atom. The van der Waals surface area contributed by atoms with Crippen LogP contribution in [-0.4, -0.2) is 36.7 Å². The van der Waals surface area contributed by atoms with E-state index >= 15 is 0 Å². The largest absolute Gasteiger partial charge is 0.379 e. The van der Waals surface area contributed by atoms with Crippen molar-refractivity contribution >= 4 is 0 Å². The molecular formula is C17H23NO. The van der Waals surface area contributed by atoms with E-state index in [1.807, 2.05) is 0 Å². The van der Waals surface area contributed by atoms with E-state index in [1.54, 1.807) is 5.56 Å². The molecule has 0 N–H and O–H groups in total. The summed E-state index contributed by atoms with van der Waals surface area (Å²) in [4.78, 5) is 2.76. The Bertz CT molecular complexity index is 440. The van der Waals surface area contributed by atoms with Gasteiger partial charge in [-0.15, -0.1) is 0 Å². The number of benzene rings is 1. The highest BCUT2D eigenvalue weighted by Crippen LogP contribution is 2.67. The quantitative estimate of drug-likeness (QED) is 0.807. The van der Waals surface area contributed by atoms with Crippen LogP contribution in [0, 0.1) is 5.92 Å². The van der Waals surface area contributed by atoms with Gasteiger partial charge in [0.05, 0.1) is 13.2 Å². The lowest BCUT2D eigenvalue weighted by Gasteiger charge is -2.38. The predicted octanol–water partition coefficient (Wildman–Crippen LogP) is 3.05. The van der Waals surface area contributed by atoms with Gasteiger partial charge in [-0.3, -0.25) is 4.90 Å². The molecule has 0 aromatic heterocycles. The first-order valence-corrected chi connectivity index (χ1v) is 7.81. The SMILES string of the molecule is c1ccc([C@@H]2[C@@H]3CCCC[C@]23N2CCOCC2)cc1. The van der Waals surface area contributed by atoms with Crippen molar-refractivity contribution in [1.82, 2.24) is 4.90 Å². The second-order valence-corrected chi connectivity index (χ2v) is 6.33. The second-order valence-electron chi connectivity index (χ2n) is 6.33. The van der Waals surface area contributed by atoms with Gasteiger partial charge in [0.1, 0.15) is 0 Å². The summed E-state index contributed by atoms with van der Waals surface area (Å²) in [7, 11) is 0. The van der Waals surface area contributed by atoms with Gasteiger partial charge in [-0.1, -0.05) is 43.2 Å². The van der Waals surface area contributed by atoms with Crippen LogP contribution in [0.1, 0.15) is 37.2 Å². The van der Waals surface area contributed by atoms with Gasteiger partial charge in [0.15, 0.2) is 0 Å². The van der Waals surface area contributed by atoms with Crippen molar-refractivity contribution in [1.29, 1.82) is 0 Å². The highest BCUT2D eigenvalue weighted by atomic mass is 16.5. The first-order valence-electron chi connectivity index (χ1n) is 7.81. The van der Waals surface area contributed by atoms with E-state index in [-0.39, 0.29) is 0 Å². The Balaban J connectivity index is 1.64. The van der Waals surface area contributed by atoms with Crippen LogP contribution in [0.15, 0.2) is 30.3 Å². The summed E-state index contributed by atoms with van der Waals surface area (Å²) >= 11 is 0. The molecule has 1 aromatic rings. The Kier molecular flexibility index (Phi) is 2.89. The van der Waals surface area contributed by atoms with Crippen LogP contribution >= 0.6 is 0 Å². The lowest BCUT2D eigenvalue weighted by Crippen LogP contribution is -2.47. The zero-order valence-electron chi connectivity index (χ0n) is 11.6. The molecule has 1 saturated heterocycles. The van der Waals surface area contributed by atoms with Crippen molar-refractivity contribution in [3.05, 3.63) is 35.9 Å². The summed E-state index contributed by atoms with van der Waals surface area (Å²) in [5, 5.41) is 0. The average Bonchev–Trinajstić information content (AvgIpc) is 3.19. The van der Waals surface area contributed by atoms with Crippen molar-refractivity contribution in [3.63, 3.8) is 0 Å². The van der Waals surface area contributed by atoms with Gasteiger partial charge >= 0.3 is 0 Å². The molecule has 4 rings (SSSR count). The maximum absolute atomic E-state index is 5.55. The molecular weight excluding hydrogens is 234 g/mol. The molecule has 2 saturated carbocycles. The van der Waals surface area contributed by atoms with Crippen molar-refractivity contribution in [3.8, 4) is 0 Å². The summed E-state index contributed by atoms with van der Waals surface area (Å²) in [5.41, 5.74) is 2.06. The van der Waals surface area contributed by atoms with E-state index in [1.165, 1.54) is 25.7 Å². The maximum atomic E-state index is 5.55. The van der Waals surface area contributed by atoms with Crippen LogP contribution in [0.25, 0.3) is 0 Å². The minimum atomic E-state index is 0.489. The van der Waals surface area contributed by atoms with Crippen LogP contribution in [0.2, 0.25) is 0 Å². The van der Waals surface area contributed by atoms with Crippen molar-refractivity contribution < 1.29 is 4.74 Å². The fourth-order valence-corrected chi connectivity index (χ4v) is 4.78. The average molecular weight is 257 g/mol. The predicted molar refractivity (Wildman–Crippen MR) is 76.3 cm³/mol. The zero-order valence-corrected chi connectivity index (χ0v) is 11.6. The third kappa shape index (κ3) is 1.77. The van der Waals surface area contributed by atoms with Gasteiger partial charge in [0, 0.05) is 24.5 Å². The van der Waals surface area contributed by atoms with Crippen molar-refractivity contribution in [2.24, 2.45) is 5.92 Å². The molecule has 1 aliphatic heterocycles. The monoisotopic (exact) mass is 257 g/mol. The van der Waals surface area contributed by atoms with Crippen LogP contribution in [-0.2, 0) is 4.74 Å². The Labute approximate surface area is 115 Å². The highest BCUT2D eigenvalue weighted by molar-refractivity contribution is 5.38. The summed E-state index contributed by atoms with van der Waals surface area (Å²) in [6.07, 6.45) is 5.67. The summed E-state index contributed by atoms with van der Waals surface area (Å²) in [5.74, 6) is 1.69. The Morgan fingerprint density at radius 2 is 1.84 bits per heavy atom. The van der Waals surface area contributed by atoms with E-state index in [0.717, 1.165) is 38.1 Å². The van der Waals surface area contributed by atoms with E-state index < -0.39 is 0 Å². The van der Waals surface area contributed by atoms with Crippen LogP contribution < -0.4 is 0 Å². The molecule has 3 fully saturated rings. The molecule has 2 nitrogen and oxygen atoms in total. The molecule has 1 heterocycles. The number of nitrogens with zero attached hydrogens (tertiary/aromatic N) is 1. The first-order chi connectivity index (χ1) is 9.43. The summed E-state index contributed by atoms with van der Waals surface area (Å²) in [6, 6.07) is 11.2. The van der Waals surface area contributed by atoms with Crippen LogP contribution in [0.3, 0.4) is 0 Å². The normalized spacial score (nSPS) is 38.7. The van der Waals surface area contributed by atoms with Crippen molar-refractivity contribution in [2.45, 2.75) is 37.1 Å². The molecule has 19 heavy (non-hydrogen) atoms. The lowest BCUT2D eigenvalue weighted by molar-refractivity contribution is -0.00254. The number of ether oxygens (including phenoxy) is 1. The van der Waals surface area contributed by atoms with Crippen LogP contribution in [0.5, 0.6) is 0 Å². The van der Waals surface area contributed by atoms with Crippen LogP contribution in [0.4, 0.5) is 0 Å². The number of rotatable bonds is 2. The van der Waals surface area contributed by atoms with Gasteiger partial charge < -0.3 is 4.74 Å². The second kappa shape index (κ2) is 4.60. The number of hydrogen-bond acceptors (Lipinski definition) is 2. The Hall–Kier alpha value is -0.860. The highest BCUT2D eigenvalue weighted by Gasteiger charge is 2.67. The number of fused-ring (bicyclic) bond motifs is 1. The molecule has 102 valence electrons. The standard InChI is InChI=1S/C17H23NO/c1-2-6-14(7-3-1)16-15-8-4-5-9-17(15,16)18-10-12-19-13-11-18/h1-3,6-7,15-16H,4-5,8-13H2/t15-,16+,17+/m0/s1. The van der Waals surface area contributed by atoms with Gasteiger partial charge in [-0.2, -0.15) is 0 Å². The third-order valence-electron chi connectivity index (χ3n) is 5.57. The van der Waals surface area contributed by atoms with Gasteiger partial charge in [0.25, 0.3) is 0 Å². The molecule has 3 aliphatic rings. The summed E-state index contributed by atoms with van der Waals surface area (Å²) in [6.45, 7) is 4.13. The minimum absolute atomic E-state index is 0.489. The molecule has 1 aromatic carbocycles. The van der Waals surface area contributed by atoms with E-state index in [9.17, 15) is 0 Å². The van der Waals surface area contributed by atoms with Gasteiger partial charge in [-0.25, -0.2) is 0 Å². The lowest BCUT2D eigenvalue weighted by atomic mass is 9.93. The fourth-order valence-electron chi connectivity index (χ4n) is 4.78. The van der Waals surface area contributed by atoms with Crippen molar-refractivity contribution in [2.75, 3.05) is 26.3 Å². The number of morpholine rings is 1. The smallest absolute Gasteiger partial charge is 0.0594 e. The molecule has 0 radical (unpaired) electrons. The molecule has 2 aliphatic carbocycles. The summed E-state index contributed by atoms with van der Waals surface area (Å²) < 4.78 is 5.55.